The number of hydrogen-bond acceptors (Lipinski definition) is 3. The van der Waals surface area contributed by atoms with E-state index in [2.05, 4.69) is 11.0 Å². The second kappa shape index (κ2) is 7.52. The van der Waals surface area contributed by atoms with Crippen molar-refractivity contribution in [1.29, 1.82) is 0 Å². The number of benzene rings is 1. The Kier molecular flexibility index (Phi) is 5.63. The lowest BCUT2D eigenvalue weighted by atomic mass is 9.72. The lowest BCUT2D eigenvalue weighted by molar-refractivity contribution is -0.0324. The maximum atomic E-state index is 11.4. The molecule has 2 fully saturated rings. The van der Waals surface area contributed by atoms with Gasteiger partial charge >= 0.3 is 0 Å². The van der Waals surface area contributed by atoms with Crippen molar-refractivity contribution in [1.82, 2.24) is 4.90 Å². The average Bonchev–Trinajstić information content (AvgIpc) is 2.55. The van der Waals surface area contributed by atoms with Gasteiger partial charge in [-0.05, 0) is 56.5 Å². The number of hydrogen-bond donors (Lipinski definition) is 2. The second-order valence-corrected chi connectivity index (χ2v) is 7.85. The van der Waals surface area contributed by atoms with Crippen molar-refractivity contribution in [3.63, 3.8) is 0 Å². The van der Waals surface area contributed by atoms with Crippen LogP contribution in [0.5, 0.6) is 0 Å². The third-order valence-electron chi connectivity index (χ3n) is 5.69. The molecule has 3 rings (SSSR count). The number of nitrogens with two attached hydrogens (primary N) is 1. The van der Waals surface area contributed by atoms with Crippen LogP contribution in [-0.2, 0) is 0 Å². The molecule has 2 aliphatic rings. The molecule has 128 valence electrons. The molecule has 1 aromatic carbocycles. The summed E-state index contributed by atoms with van der Waals surface area (Å²) in [4.78, 5) is 2.47. The fraction of sp³-hybridized carbons (Fsp3) is 0.684. The lowest BCUT2D eigenvalue weighted by Gasteiger charge is -2.43. The van der Waals surface area contributed by atoms with E-state index in [1.54, 1.807) is 0 Å². The van der Waals surface area contributed by atoms with Crippen molar-refractivity contribution in [3.05, 3.63) is 34.9 Å². The van der Waals surface area contributed by atoms with Crippen LogP contribution >= 0.6 is 11.6 Å². The molecule has 0 spiro atoms. The quantitative estimate of drug-likeness (QED) is 0.884. The summed E-state index contributed by atoms with van der Waals surface area (Å²) < 4.78 is 0. The van der Waals surface area contributed by atoms with Crippen LogP contribution in [-0.4, -0.2) is 41.3 Å². The van der Waals surface area contributed by atoms with E-state index in [0.29, 0.717) is 6.04 Å². The number of piperidine rings is 1. The van der Waals surface area contributed by atoms with Crippen molar-refractivity contribution in [2.75, 3.05) is 19.6 Å². The predicted octanol–water partition coefficient (Wildman–Crippen LogP) is 3.54. The summed E-state index contributed by atoms with van der Waals surface area (Å²) in [6.45, 7) is 2.98. The topological polar surface area (TPSA) is 49.5 Å². The molecular formula is C19H29ClN2O. The van der Waals surface area contributed by atoms with Crippen LogP contribution in [0.25, 0.3) is 0 Å². The molecule has 1 saturated heterocycles. The smallest absolute Gasteiger partial charge is 0.0728 e. The van der Waals surface area contributed by atoms with E-state index in [-0.39, 0.29) is 5.92 Å². The SMILES string of the molecule is NC1CCN(CC(c2cccc(Cl)c2)C2(O)CCCCC2)CC1. The standard InChI is InChI=1S/C19H29ClN2O/c20-16-6-4-5-15(13-16)18(19(23)9-2-1-3-10-19)14-22-11-7-17(21)8-12-22/h4-6,13,17-18,23H,1-3,7-12,14,21H2. The largest absolute Gasteiger partial charge is 0.389 e. The maximum Gasteiger partial charge on any atom is 0.0728 e. The predicted molar refractivity (Wildman–Crippen MR) is 95.9 cm³/mol. The Labute approximate surface area is 144 Å². The number of aliphatic hydroxyl groups is 1. The molecule has 3 nitrogen and oxygen atoms in total. The molecule has 1 heterocycles. The Morgan fingerprint density at radius 1 is 1.22 bits per heavy atom. The Morgan fingerprint density at radius 3 is 2.57 bits per heavy atom. The first-order valence-electron chi connectivity index (χ1n) is 9.03. The number of likely N-dealkylation sites (tertiary alicyclic amines) is 1. The van der Waals surface area contributed by atoms with Gasteiger partial charge < -0.3 is 15.7 Å². The summed E-state index contributed by atoms with van der Waals surface area (Å²) in [5.74, 6) is 0.135. The zero-order valence-corrected chi connectivity index (χ0v) is 14.6. The summed E-state index contributed by atoms with van der Waals surface area (Å²) in [7, 11) is 0. The van der Waals surface area contributed by atoms with Crippen molar-refractivity contribution < 1.29 is 5.11 Å². The zero-order chi connectivity index (χ0) is 16.3. The van der Waals surface area contributed by atoms with Gasteiger partial charge in [0.2, 0.25) is 0 Å². The van der Waals surface area contributed by atoms with Crippen LogP contribution < -0.4 is 5.73 Å². The fourth-order valence-corrected chi connectivity index (χ4v) is 4.41. The molecule has 0 radical (unpaired) electrons. The Morgan fingerprint density at radius 2 is 1.91 bits per heavy atom. The van der Waals surface area contributed by atoms with Gasteiger partial charge in [0.25, 0.3) is 0 Å². The Hall–Kier alpha value is -0.610. The van der Waals surface area contributed by atoms with E-state index in [1.165, 1.54) is 12.0 Å². The number of nitrogens with zero attached hydrogens (tertiary/aromatic N) is 1. The van der Waals surface area contributed by atoms with E-state index >= 15 is 0 Å². The second-order valence-electron chi connectivity index (χ2n) is 7.41. The first-order valence-corrected chi connectivity index (χ1v) is 9.40. The van der Waals surface area contributed by atoms with E-state index < -0.39 is 5.60 Å². The first kappa shape index (κ1) is 17.2. The number of rotatable bonds is 4. The van der Waals surface area contributed by atoms with Crippen LogP contribution in [0.1, 0.15) is 56.4 Å². The van der Waals surface area contributed by atoms with Crippen molar-refractivity contribution in [2.24, 2.45) is 5.73 Å². The van der Waals surface area contributed by atoms with Crippen LogP contribution in [0.3, 0.4) is 0 Å². The van der Waals surface area contributed by atoms with Crippen LogP contribution in [0.2, 0.25) is 5.02 Å². The highest BCUT2D eigenvalue weighted by atomic mass is 35.5. The van der Waals surface area contributed by atoms with Gasteiger partial charge in [-0.1, -0.05) is 43.0 Å². The van der Waals surface area contributed by atoms with Crippen molar-refractivity contribution in [3.8, 4) is 0 Å². The minimum atomic E-state index is -0.595. The molecule has 3 N–H and O–H groups in total. The molecule has 1 unspecified atom stereocenters. The highest BCUT2D eigenvalue weighted by Gasteiger charge is 2.39. The van der Waals surface area contributed by atoms with Crippen LogP contribution in [0.15, 0.2) is 24.3 Å². The van der Waals surface area contributed by atoms with E-state index in [0.717, 1.165) is 63.2 Å². The summed E-state index contributed by atoms with van der Waals surface area (Å²) in [5.41, 5.74) is 6.62. The van der Waals surface area contributed by atoms with Gasteiger partial charge in [-0.3, -0.25) is 0 Å². The van der Waals surface area contributed by atoms with Gasteiger partial charge in [-0.25, -0.2) is 0 Å². The minimum Gasteiger partial charge on any atom is -0.389 e. The van der Waals surface area contributed by atoms with Crippen molar-refractivity contribution >= 4 is 11.6 Å². The molecule has 0 amide bonds. The Balaban J connectivity index is 1.81. The van der Waals surface area contributed by atoms with Crippen LogP contribution in [0, 0.1) is 0 Å². The van der Waals surface area contributed by atoms with Gasteiger partial charge in [-0.2, -0.15) is 0 Å². The highest BCUT2D eigenvalue weighted by molar-refractivity contribution is 6.30. The van der Waals surface area contributed by atoms with E-state index in [4.69, 9.17) is 17.3 Å². The molecule has 1 aromatic rings. The first-order chi connectivity index (χ1) is 11.1. The summed E-state index contributed by atoms with van der Waals surface area (Å²) in [5, 5.41) is 12.1. The molecule has 1 saturated carbocycles. The van der Waals surface area contributed by atoms with Gasteiger partial charge in [0, 0.05) is 23.5 Å². The molecule has 0 aromatic heterocycles. The minimum absolute atomic E-state index is 0.135. The van der Waals surface area contributed by atoms with E-state index in [9.17, 15) is 5.11 Å². The molecule has 1 aliphatic carbocycles. The van der Waals surface area contributed by atoms with Crippen LogP contribution in [0.4, 0.5) is 0 Å². The van der Waals surface area contributed by atoms with Gasteiger partial charge in [0.15, 0.2) is 0 Å². The molecule has 4 heteroatoms. The monoisotopic (exact) mass is 336 g/mol. The Bertz CT molecular complexity index is 508. The molecule has 23 heavy (non-hydrogen) atoms. The summed E-state index contributed by atoms with van der Waals surface area (Å²) in [6, 6.07) is 8.41. The molecule has 1 aliphatic heterocycles. The fourth-order valence-electron chi connectivity index (χ4n) is 4.22. The van der Waals surface area contributed by atoms with Crippen molar-refractivity contribution in [2.45, 2.75) is 62.5 Å². The van der Waals surface area contributed by atoms with Gasteiger partial charge in [0.1, 0.15) is 0 Å². The third-order valence-corrected chi connectivity index (χ3v) is 5.93. The van der Waals surface area contributed by atoms with E-state index in [1.807, 2.05) is 18.2 Å². The highest BCUT2D eigenvalue weighted by Crippen LogP contribution is 2.41. The normalized spacial score (nSPS) is 24.5. The summed E-state index contributed by atoms with van der Waals surface area (Å²) in [6.07, 6.45) is 7.40. The van der Waals surface area contributed by atoms with Gasteiger partial charge in [0.05, 0.1) is 5.60 Å². The molecular weight excluding hydrogens is 308 g/mol. The molecule has 0 bridgehead atoms. The lowest BCUT2D eigenvalue weighted by Crippen LogP contribution is -2.47. The number of halogens is 1. The summed E-state index contributed by atoms with van der Waals surface area (Å²) >= 11 is 6.22. The average molecular weight is 337 g/mol. The third kappa shape index (κ3) is 4.27. The molecule has 1 atom stereocenters. The maximum absolute atomic E-state index is 11.4. The zero-order valence-electron chi connectivity index (χ0n) is 13.9. The van der Waals surface area contributed by atoms with Gasteiger partial charge in [-0.15, -0.1) is 0 Å².